The van der Waals surface area contributed by atoms with Gasteiger partial charge in [0.05, 0.1) is 0 Å². The van der Waals surface area contributed by atoms with Crippen molar-refractivity contribution in [3.05, 3.63) is 35.9 Å². The Kier molecular flexibility index (Phi) is 2.85. The Morgan fingerprint density at radius 2 is 2.07 bits per heavy atom. The Morgan fingerprint density at radius 3 is 2.57 bits per heavy atom. The molecule has 1 aromatic rings. The Morgan fingerprint density at radius 1 is 1.50 bits per heavy atom. The molecular weight excluding hydrogens is 178 g/mol. The van der Waals surface area contributed by atoms with Crippen molar-refractivity contribution in [2.24, 2.45) is 5.73 Å². The molecule has 1 unspecified atom stereocenters. The lowest BCUT2D eigenvalue weighted by atomic mass is 9.92. The number of nitrogens with one attached hydrogen (secondary N) is 1. The third-order valence-corrected chi connectivity index (χ3v) is 2.01. The molecule has 0 spiro atoms. The number of nitriles is 1. The van der Waals surface area contributed by atoms with Gasteiger partial charge in [0.25, 0.3) is 5.91 Å². The molecule has 1 rings (SSSR count). The maximum atomic E-state index is 11.4. The quantitative estimate of drug-likeness (QED) is 0.524. The average molecular weight is 189 g/mol. The first kappa shape index (κ1) is 10.2. The van der Waals surface area contributed by atoms with E-state index < -0.39 is 11.4 Å². The standard InChI is InChI=1S/C10H11N3O/c1-10(12,9(14)13-7-11)8-5-3-2-4-6-8/h2-6H,12H2,1H3,(H,13,14). The Balaban J connectivity index is 2.97. The molecule has 0 aliphatic rings. The van der Waals surface area contributed by atoms with Crippen LogP contribution in [0.3, 0.4) is 0 Å². The van der Waals surface area contributed by atoms with Crippen LogP contribution in [0.2, 0.25) is 0 Å². The lowest BCUT2D eigenvalue weighted by molar-refractivity contribution is -0.124. The molecule has 1 atom stereocenters. The predicted molar refractivity (Wildman–Crippen MR) is 51.7 cm³/mol. The molecule has 0 radical (unpaired) electrons. The second-order valence-electron chi connectivity index (χ2n) is 3.13. The van der Waals surface area contributed by atoms with Crippen molar-refractivity contribution in [1.29, 1.82) is 5.26 Å². The van der Waals surface area contributed by atoms with E-state index in [1.165, 1.54) is 0 Å². The van der Waals surface area contributed by atoms with Gasteiger partial charge in [-0.2, -0.15) is 5.26 Å². The third kappa shape index (κ3) is 1.90. The van der Waals surface area contributed by atoms with Crippen LogP contribution >= 0.6 is 0 Å². The van der Waals surface area contributed by atoms with Crippen LogP contribution in [0.1, 0.15) is 12.5 Å². The number of benzene rings is 1. The molecule has 72 valence electrons. The van der Waals surface area contributed by atoms with E-state index in [-0.39, 0.29) is 0 Å². The van der Waals surface area contributed by atoms with E-state index in [2.05, 4.69) is 0 Å². The van der Waals surface area contributed by atoms with E-state index in [1.807, 2.05) is 11.4 Å². The number of rotatable bonds is 2. The summed E-state index contributed by atoms with van der Waals surface area (Å²) in [5.74, 6) is -0.508. The Bertz CT molecular complexity index is 365. The Labute approximate surface area is 82.3 Å². The van der Waals surface area contributed by atoms with Crippen LogP contribution in [0.15, 0.2) is 30.3 Å². The Hall–Kier alpha value is -1.86. The van der Waals surface area contributed by atoms with Crippen LogP contribution in [0.4, 0.5) is 0 Å². The van der Waals surface area contributed by atoms with E-state index in [0.717, 1.165) is 0 Å². The summed E-state index contributed by atoms with van der Waals surface area (Å²) in [5.41, 5.74) is 5.31. The van der Waals surface area contributed by atoms with Crippen molar-refractivity contribution in [2.75, 3.05) is 0 Å². The fraction of sp³-hybridized carbons (Fsp3) is 0.200. The van der Waals surface area contributed by atoms with Gasteiger partial charge in [-0.1, -0.05) is 30.3 Å². The van der Waals surface area contributed by atoms with E-state index in [9.17, 15) is 4.79 Å². The molecule has 0 saturated carbocycles. The fourth-order valence-electron chi connectivity index (χ4n) is 1.10. The first-order valence-corrected chi connectivity index (χ1v) is 4.13. The molecule has 14 heavy (non-hydrogen) atoms. The number of carbonyl (C=O) groups is 1. The summed E-state index contributed by atoms with van der Waals surface area (Å²) < 4.78 is 0. The second kappa shape index (κ2) is 3.90. The van der Waals surface area contributed by atoms with Crippen LogP contribution in [-0.2, 0) is 10.3 Å². The molecule has 0 fully saturated rings. The first-order valence-electron chi connectivity index (χ1n) is 4.13. The molecule has 1 amide bonds. The van der Waals surface area contributed by atoms with Gasteiger partial charge in [-0.15, -0.1) is 0 Å². The zero-order chi connectivity index (χ0) is 10.6. The van der Waals surface area contributed by atoms with Crippen molar-refractivity contribution < 1.29 is 4.79 Å². The summed E-state index contributed by atoms with van der Waals surface area (Å²) in [7, 11) is 0. The van der Waals surface area contributed by atoms with Crippen LogP contribution in [0, 0.1) is 11.5 Å². The largest absolute Gasteiger partial charge is 0.314 e. The van der Waals surface area contributed by atoms with Crippen molar-refractivity contribution in [3.8, 4) is 6.19 Å². The maximum Gasteiger partial charge on any atom is 0.257 e. The summed E-state index contributed by atoms with van der Waals surface area (Å²) in [4.78, 5) is 11.4. The minimum atomic E-state index is -1.17. The molecule has 1 aromatic carbocycles. The topological polar surface area (TPSA) is 78.9 Å². The number of hydrogen-bond donors (Lipinski definition) is 2. The minimum absolute atomic E-state index is 0.508. The zero-order valence-corrected chi connectivity index (χ0v) is 7.82. The van der Waals surface area contributed by atoms with Crippen LogP contribution < -0.4 is 11.1 Å². The van der Waals surface area contributed by atoms with Gasteiger partial charge in [0.15, 0.2) is 6.19 Å². The van der Waals surface area contributed by atoms with Gasteiger partial charge in [-0.25, -0.2) is 0 Å². The SMILES string of the molecule is CC(N)(C(=O)NC#N)c1ccccc1. The van der Waals surface area contributed by atoms with Crippen molar-refractivity contribution in [1.82, 2.24) is 5.32 Å². The molecule has 0 aliphatic carbocycles. The molecule has 0 bridgehead atoms. The monoisotopic (exact) mass is 189 g/mol. The van der Waals surface area contributed by atoms with Crippen molar-refractivity contribution in [2.45, 2.75) is 12.5 Å². The molecule has 4 heteroatoms. The number of nitrogens with zero attached hydrogens (tertiary/aromatic N) is 1. The molecule has 4 nitrogen and oxygen atoms in total. The smallest absolute Gasteiger partial charge is 0.257 e. The zero-order valence-electron chi connectivity index (χ0n) is 7.82. The van der Waals surface area contributed by atoms with E-state index >= 15 is 0 Å². The number of nitrogens with two attached hydrogens (primary N) is 1. The highest BCUT2D eigenvalue weighted by Crippen LogP contribution is 2.16. The molecule has 0 heterocycles. The summed E-state index contributed by atoms with van der Waals surface area (Å²) >= 11 is 0. The van der Waals surface area contributed by atoms with Crippen molar-refractivity contribution >= 4 is 5.91 Å². The van der Waals surface area contributed by atoms with Gasteiger partial charge in [0, 0.05) is 0 Å². The van der Waals surface area contributed by atoms with Crippen molar-refractivity contribution in [3.63, 3.8) is 0 Å². The molecular formula is C10H11N3O. The lowest BCUT2D eigenvalue weighted by Gasteiger charge is -2.21. The summed E-state index contributed by atoms with van der Waals surface area (Å²) in [6.45, 7) is 1.56. The van der Waals surface area contributed by atoms with Crippen LogP contribution in [0.25, 0.3) is 0 Å². The lowest BCUT2D eigenvalue weighted by Crippen LogP contribution is -2.47. The second-order valence-corrected chi connectivity index (χ2v) is 3.13. The number of carbonyl (C=O) groups excluding carboxylic acids is 1. The molecule has 0 saturated heterocycles. The highest BCUT2D eigenvalue weighted by Gasteiger charge is 2.29. The predicted octanol–water partition coefficient (Wildman–Crippen LogP) is 0.458. The van der Waals surface area contributed by atoms with Gasteiger partial charge in [0.1, 0.15) is 5.54 Å². The summed E-state index contributed by atoms with van der Waals surface area (Å²) in [5, 5.41) is 10.3. The fourth-order valence-corrected chi connectivity index (χ4v) is 1.10. The van der Waals surface area contributed by atoms with E-state index in [4.69, 9.17) is 11.0 Å². The molecule has 0 aromatic heterocycles. The third-order valence-electron chi connectivity index (χ3n) is 2.01. The average Bonchev–Trinajstić information content (AvgIpc) is 2.19. The highest BCUT2D eigenvalue weighted by molar-refractivity contribution is 5.88. The highest BCUT2D eigenvalue weighted by atomic mass is 16.2. The van der Waals surface area contributed by atoms with Gasteiger partial charge < -0.3 is 5.73 Å². The minimum Gasteiger partial charge on any atom is -0.314 e. The first-order chi connectivity index (χ1) is 6.59. The van der Waals surface area contributed by atoms with Gasteiger partial charge >= 0.3 is 0 Å². The molecule has 3 N–H and O–H groups in total. The van der Waals surface area contributed by atoms with E-state index in [1.54, 1.807) is 37.4 Å². The normalized spacial score (nSPS) is 13.8. The molecule has 0 aliphatic heterocycles. The maximum absolute atomic E-state index is 11.4. The number of hydrogen-bond acceptors (Lipinski definition) is 3. The van der Waals surface area contributed by atoms with Crippen LogP contribution in [-0.4, -0.2) is 5.91 Å². The number of amides is 1. The van der Waals surface area contributed by atoms with E-state index in [0.29, 0.717) is 5.56 Å². The van der Waals surface area contributed by atoms with Gasteiger partial charge in [0.2, 0.25) is 0 Å². The summed E-state index contributed by atoms with van der Waals surface area (Å²) in [6, 6.07) is 8.91. The van der Waals surface area contributed by atoms with Crippen LogP contribution in [0.5, 0.6) is 0 Å². The summed E-state index contributed by atoms with van der Waals surface area (Å²) in [6.07, 6.45) is 1.56. The van der Waals surface area contributed by atoms with Gasteiger partial charge in [-0.3, -0.25) is 10.1 Å². The van der Waals surface area contributed by atoms with Gasteiger partial charge in [-0.05, 0) is 12.5 Å².